The van der Waals surface area contributed by atoms with Crippen LogP contribution in [0.15, 0.2) is 24.3 Å². The first kappa shape index (κ1) is 11.3. The highest BCUT2D eigenvalue weighted by atomic mass is 15.1. The molecule has 14 heavy (non-hydrogen) atoms. The van der Waals surface area contributed by atoms with Crippen LogP contribution in [0, 0.1) is 6.92 Å². The lowest BCUT2D eigenvalue weighted by Crippen LogP contribution is -2.24. The Balaban J connectivity index is 2.94. The SMILES string of the molecule is CCC(c1ccccc1C)N(C)CC. The molecule has 1 heteroatoms. The molecule has 0 fully saturated rings. The Bertz CT molecular complexity index is 280. The minimum atomic E-state index is 0.571. The Morgan fingerprint density at radius 3 is 2.36 bits per heavy atom. The Kier molecular flexibility index (Phi) is 4.15. The number of hydrogen-bond acceptors (Lipinski definition) is 1. The molecule has 1 unspecified atom stereocenters. The van der Waals surface area contributed by atoms with Crippen molar-refractivity contribution in [3.8, 4) is 0 Å². The zero-order valence-corrected chi connectivity index (χ0v) is 9.75. The van der Waals surface area contributed by atoms with Crippen LogP contribution in [-0.2, 0) is 0 Å². The maximum atomic E-state index is 2.41. The molecule has 0 N–H and O–H groups in total. The summed E-state index contributed by atoms with van der Waals surface area (Å²) in [5, 5.41) is 0. The standard InChI is InChI=1S/C13H21N/c1-5-13(14(4)6-2)12-10-8-7-9-11(12)3/h7-10,13H,5-6H2,1-4H3. The third kappa shape index (κ3) is 2.36. The van der Waals surface area contributed by atoms with Gasteiger partial charge in [0.1, 0.15) is 0 Å². The molecule has 0 saturated heterocycles. The van der Waals surface area contributed by atoms with Gasteiger partial charge in [-0.2, -0.15) is 0 Å². The van der Waals surface area contributed by atoms with Gasteiger partial charge in [0, 0.05) is 6.04 Å². The fourth-order valence-electron chi connectivity index (χ4n) is 1.95. The topological polar surface area (TPSA) is 3.24 Å². The van der Waals surface area contributed by atoms with E-state index in [0.29, 0.717) is 6.04 Å². The highest BCUT2D eigenvalue weighted by Crippen LogP contribution is 2.25. The summed E-state index contributed by atoms with van der Waals surface area (Å²) in [7, 11) is 2.20. The Labute approximate surface area is 87.7 Å². The van der Waals surface area contributed by atoms with Gasteiger partial charge in [-0.15, -0.1) is 0 Å². The van der Waals surface area contributed by atoms with Crippen LogP contribution in [-0.4, -0.2) is 18.5 Å². The lowest BCUT2D eigenvalue weighted by Gasteiger charge is -2.27. The highest BCUT2D eigenvalue weighted by Gasteiger charge is 2.14. The summed E-state index contributed by atoms with van der Waals surface area (Å²) >= 11 is 0. The molecular weight excluding hydrogens is 170 g/mol. The summed E-state index contributed by atoms with van der Waals surface area (Å²) < 4.78 is 0. The molecule has 0 aliphatic heterocycles. The molecule has 0 spiro atoms. The van der Waals surface area contributed by atoms with Crippen molar-refractivity contribution < 1.29 is 0 Å². The van der Waals surface area contributed by atoms with Crippen LogP contribution in [0.25, 0.3) is 0 Å². The first-order valence-corrected chi connectivity index (χ1v) is 5.46. The van der Waals surface area contributed by atoms with E-state index < -0.39 is 0 Å². The molecular formula is C13H21N. The van der Waals surface area contributed by atoms with Crippen molar-refractivity contribution in [1.29, 1.82) is 0 Å². The molecule has 1 atom stereocenters. The van der Waals surface area contributed by atoms with E-state index in [1.165, 1.54) is 17.5 Å². The summed E-state index contributed by atoms with van der Waals surface area (Å²) in [4.78, 5) is 2.41. The summed E-state index contributed by atoms with van der Waals surface area (Å²) in [6, 6.07) is 9.25. The second-order valence-electron chi connectivity index (χ2n) is 3.85. The Hall–Kier alpha value is -0.820. The fourth-order valence-corrected chi connectivity index (χ4v) is 1.95. The van der Waals surface area contributed by atoms with Crippen molar-refractivity contribution in [2.75, 3.05) is 13.6 Å². The van der Waals surface area contributed by atoms with E-state index in [9.17, 15) is 0 Å². The van der Waals surface area contributed by atoms with Gasteiger partial charge in [0.15, 0.2) is 0 Å². The van der Waals surface area contributed by atoms with Crippen molar-refractivity contribution in [1.82, 2.24) is 4.90 Å². The predicted octanol–water partition coefficient (Wildman–Crippen LogP) is 3.40. The zero-order chi connectivity index (χ0) is 10.6. The van der Waals surface area contributed by atoms with Crippen LogP contribution in [0.4, 0.5) is 0 Å². The predicted molar refractivity (Wildman–Crippen MR) is 62.5 cm³/mol. The van der Waals surface area contributed by atoms with Crippen LogP contribution in [0.3, 0.4) is 0 Å². The largest absolute Gasteiger partial charge is 0.300 e. The average molecular weight is 191 g/mol. The molecule has 0 bridgehead atoms. The third-order valence-electron chi connectivity index (χ3n) is 2.97. The smallest absolute Gasteiger partial charge is 0.0344 e. The van der Waals surface area contributed by atoms with Crippen LogP contribution in [0.2, 0.25) is 0 Å². The zero-order valence-electron chi connectivity index (χ0n) is 9.75. The van der Waals surface area contributed by atoms with Gasteiger partial charge in [-0.05, 0) is 38.1 Å². The highest BCUT2D eigenvalue weighted by molar-refractivity contribution is 5.28. The maximum Gasteiger partial charge on any atom is 0.0344 e. The van der Waals surface area contributed by atoms with Gasteiger partial charge in [-0.25, -0.2) is 0 Å². The number of nitrogens with zero attached hydrogens (tertiary/aromatic N) is 1. The second-order valence-corrected chi connectivity index (χ2v) is 3.85. The van der Waals surface area contributed by atoms with Crippen molar-refractivity contribution in [3.63, 3.8) is 0 Å². The molecule has 0 heterocycles. The Morgan fingerprint density at radius 1 is 1.21 bits per heavy atom. The van der Waals surface area contributed by atoms with Crippen LogP contribution in [0.5, 0.6) is 0 Å². The first-order valence-electron chi connectivity index (χ1n) is 5.46. The summed E-state index contributed by atoms with van der Waals surface area (Å²) in [6.07, 6.45) is 1.18. The fraction of sp³-hybridized carbons (Fsp3) is 0.538. The van der Waals surface area contributed by atoms with Crippen LogP contribution >= 0.6 is 0 Å². The lowest BCUT2D eigenvalue weighted by molar-refractivity contribution is 0.250. The van der Waals surface area contributed by atoms with E-state index in [4.69, 9.17) is 0 Å². The molecule has 0 amide bonds. The van der Waals surface area contributed by atoms with Crippen molar-refractivity contribution in [2.24, 2.45) is 0 Å². The molecule has 0 aliphatic rings. The van der Waals surface area contributed by atoms with Gasteiger partial charge in [-0.1, -0.05) is 38.1 Å². The van der Waals surface area contributed by atoms with Gasteiger partial charge in [0.05, 0.1) is 0 Å². The van der Waals surface area contributed by atoms with E-state index in [2.05, 4.69) is 57.0 Å². The van der Waals surface area contributed by atoms with Gasteiger partial charge < -0.3 is 0 Å². The molecule has 0 radical (unpaired) electrons. The Morgan fingerprint density at radius 2 is 1.86 bits per heavy atom. The van der Waals surface area contributed by atoms with Gasteiger partial charge in [0.25, 0.3) is 0 Å². The third-order valence-corrected chi connectivity index (χ3v) is 2.97. The summed E-state index contributed by atoms with van der Waals surface area (Å²) in [5.74, 6) is 0. The van der Waals surface area contributed by atoms with Crippen molar-refractivity contribution >= 4 is 0 Å². The molecule has 78 valence electrons. The second kappa shape index (κ2) is 5.16. The van der Waals surface area contributed by atoms with E-state index in [1.807, 2.05) is 0 Å². The van der Waals surface area contributed by atoms with Crippen molar-refractivity contribution in [3.05, 3.63) is 35.4 Å². The van der Waals surface area contributed by atoms with Gasteiger partial charge in [0.2, 0.25) is 0 Å². The van der Waals surface area contributed by atoms with E-state index in [0.717, 1.165) is 6.54 Å². The van der Waals surface area contributed by atoms with Gasteiger partial charge >= 0.3 is 0 Å². The van der Waals surface area contributed by atoms with Crippen LogP contribution < -0.4 is 0 Å². The lowest BCUT2D eigenvalue weighted by atomic mass is 9.98. The first-order chi connectivity index (χ1) is 6.70. The number of benzene rings is 1. The van der Waals surface area contributed by atoms with E-state index >= 15 is 0 Å². The summed E-state index contributed by atoms with van der Waals surface area (Å²) in [6.45, 7) is 7.76. The molecule has 0 aliphatic carbocycles. The quantitative estimate of drug-likeness (QED) is 0.705. The number of aryl methyl sites for hydroxylation is 1. The molecule has 1 rings (SSSR count). The van der Waals surface area contributed by atoms with E-state index in [1.54, 1.807) is 0 Å². The molecule has 0 aromatic heterocycles. The normalized spacial score (nSPS) is 13.2. The minimum absolute atomic E-state index is 0.571. The molecule has 1 nitrogen and oxygen atoms in total. The van der Waals surface area contributed by atoms with Crippen molar-refractivity contribution in [2.45, 2.75) is 33.2 Å². The van der Waals surface area contributed by atoms with Gasteiger partial charge in [-0.3, -0.25) is 4.90 Å². The number of hydrogen-bond donors (Lipinski definition) is 0. The van der Waals surface area contributed by atoms with Crippen LogP contribution in [0.1, 0.15) is 37.4 Å². The minimum Gasteiger partial charge on any atom is -0.300 e. The maximum absolute atomic E-state index is 2.41. The number of rotatable bonds is 4. The molecule has 1 aromatic carbocycles. The average Bonchev–Trinajstić information content (AvgIpc) is 2.21. The monoisotopic (exact) mass is 191 g/mol. The molecule has 0 saturated carbocycles. The molecule has 1 aromatic rings. The van der Waals surface area contributed by atoms with E-state index in [-0.39, 0.29) is 0 Å². The summed E-state index contributed by atoms with van der Waals surface area (Å²) in [5.41, 5.74) is 2.87.